The Labute approximate surface area is 103 Å². The van der Waals surface area contributed by atoms with Crippen LogP contribution in [0.2, 0.25) is 5.02 Å². The maximum Gasteiger partial charge on any atom is 0.174 e. The van der Waals surface area contributed by atoms with Crippen molar-refractivity contribution in [3.63, 3.8) is 0 Å². The molecule has 86 valence electrons. The molecule has 0 saturated carbocycles. The van der Waals surface area contributed by atoms with Crippen molar-refractivity contribution >= 4 is 22.5 Å². The standard InChI is InChI=1S/C12H9ClN2O2/c1-16-11-6-8-9(13)2-4-15-10(8)7-12(11)17-5-3-14/h2,4,6-7H,5H2,1H3. The zero-order valence-electron chi connectivity index (χ0n) is 9.11. The van der Waals surface area contributed by atoms with E-state index in [2.05, 4.69) is 4.98 Å². The fourth-order valence-electron chi connectivity index (χ4n) is 1.50. The molecule has 17 heavy (non-hydrogen) atoms. The lowest BCUT2D eigenvalue weighted by Crippen LogP contribution is -1.97. The first-order valence-corrected chi connectivity index (χ1v) is 5.26. The second-order valence-electron chi connectivity index (χ2n) is 3.26. The van der Waals surface area contributed by atoms with Gasteiger partial charge in [-0.15, -0.1) is 0 Å². The van der Waals surface area contributed by atoms with Gasteiger partial charge in [0.1, 0.15) is 6.07 Å². The number of benzene rings is 1. The second-order valence-corrected chi connectivity index (χ2v) is 3.67. The van der Waals surface area contributed by atoms with Crippen LogP contribution in [-0.4, -0.2) is 18.7 Å². The van der Waals surface area contributed by atoms with Crippen LogP contribution >= 0.6 is 11.6 Å². The van der Waals surface area contributed by atoms with E-state index in [9.17, 15) is 0 Å². The monoisotopic (exact) mass is 248 g/mol. The molecular weight excluding hydrogens is 240 g/mol. The summed E-state index contributed by atoms with van der Waals surface area (Å²) in [6.07, 6.45) is 1.62. The van der Waals surface area contributed by atoms with Crippen molar-refractivity contribution in [1.29, 1.82) is 5.26 Å². The number of pyridine rings is 1. The van der Waals surface area contributed by atoms with Crippen LogP contribution in [0.1, 0.15) is 0 Å². The number of hydrogen-bond acceptors (Lipinski definition) is 4. The molecule has 0 fully saturated rings. The maximum absolute atomic E-state index is 8.50. The van der Waals surface area contributed by atoms with E-state index in [0.29, 0.717) is 22.0 Å². The van der Waals surface area contributed by atoms with Crippen LogP contribution in [0.15, 0.2) is 24.4 Å². The quantitative estimate of drug-likeness (QED) is 0.838. The summed E-state index contributed by atoms with van der Waals surface area (Å²) in [6, 6.07) is 7.06. The smallest absolute Gasteiger partial charge is 0.174 e. The van der Waals surface area contributed by atoms with Crippen molar-refractivity contribution in [2.45, 2.75) is 0 Å². The summed E-state index contributed by atoms with van der Waals surface area (Å²) in [7, 11) is 1.53. The van der Waals surface area contributed by atoms with E-state index in [1.165, 1.54) is 7.11 Å². The first-order valence-electron chi connectivity index (χ1n) is 4.88. The van der Waals surface area contributed by atoms with Gasteiger partial charge in [0.2, 0.25) is 0 Å². The Balaban J connectivity index is 2.57. The molecule has 0 aliphatic heterocycles. The van der Waals surface area contributed by atoms with Crippen LogP contribution in [0.4, 0.5) is 0 Å². The number of aromatic nitrogens is 1. The van der Waals surface area contributed by atoms with E-state index in [0.717, 1.165) is 5.39 Å². The molecule has 2 aromatic rings. The van der Waals surface area contributed by atoms with Gasteiger partial charge >= 0.3 is 0 Å². The van der Waals surface area contributed by atoms with Crippen LogP contribution in [0.25, 0.3) is 10.9 Å². The van der Waals surface area contributed by atoms with E-state index in [4.69, 9.17) is 26.3 Å². The van der Waals surface area contributed by atoms with Gasteiger partial charge in [-0.3, -0.25) is 4.98 Å². The average Bonchev–Trinajstić information content (AvgIpc) is 2.36. The molecule has 0 atom stereocenters. The van der Waals surface area contributed by atoms with Crippen LogP contribution in [-0.2, 0) is 0 Å². The first-order chi connectivity index (χ1) is 8.26. The van der Waals surface area contributed by atoms with Gasteiger partial charge in [-0.1, -0.05) is 11.6 Å². The molecule has 1 heterocycles. The summed E-state index contributed by atoms with van der Waals surface area (Å²) in [4.78, 5) is 4.18. The summed E-state index contributed by atoms with van der Waals surface area (Å²) in [5, 5.41) is 9.88. The van der Waals surface area contributed by atoms with Crippen LogP contribution in [0.5, 0.6) is 11.5 Å². The summed E-state index contributed by atoms with van der Waals surface area (Å²) in [6.45, 7) is -0.0393. The average molecular weight is 249 g/mol. The summed E-state index contributed by atoms with van der Waals surface area (Å²) in [5.74, 6) is 1.01. The normalized spacial score (nSPS) is 9.94. The van der Waals surface area contributed by atoms with Gasteiger partial charge in [0.05, 0.1) is 17.6 Å². The predicted octanol–water partition coefficient (Wildman–Crippen LogP) is 2.80. The highest BCUT2D eigenvalue weighted by atomic mass is 35.5. The summed E-state index contributed by atoms with van der Waals surface area (Å²) >= 11 is 6.05. The van der Waals surface area contributed by atoms with E-state index < -0.39 is 0 Å². The maximum atomic E-state index is 8.50. The van der Waals surface area contributed by atoms with Crippen molar-refractivity contribution in [1.82, 2.24) is 4.98 Å². The van der Waals surface area contributed by atoms with Crippen LogP contribution in [0.3, 0.4) is 0 Å². The zero-order valence-corrected chi connectivity index (χ0v) is 9.86. The number of nitriles is 1. The van der Waals surface area contributed by atoms with Crippen LogP contribution in [0, 0.1) is 11.3 Å². The molecule has 4 nitrogen and oxygen atoms in total. The van der Waals surface area contributed by atoms with Gasteiger partial charge in [-0.25, -0.2) is 0 Å². The molecule has 1 aromatic carbocycles. The minimum Gasteiger partial charge on any atom is -0.493 e. The Kier molecular flexibility index (Phi) is 3.31. The van der Waals surface area contributed by atoms with Crippen molar-refractivity contribution in [3.05, 3.63) is 29.4 Å². The molecule has 0 bridgehead atoms. The third kappa shape index (κ3) is 2.24. The number of nitrogens with zero attached hydrogens (tertiary/aromatic N) is 2. The molecule has 0 radical (unpaired) electrons. The minimum atomic E-state index is -0.0393. The molecule has 1 aromatic heterocycles. The zero-order chi connectivity index (χ0) is 12.3. The third-order valence-electron chi connectivity index (χ3n) is 2.27. The van der Waals surface area contributed by atoms with Gasteiger partial charge in [0, 0.05) is 17.6 Å². The van der Waals surface area contributed by atoms with E-state index in [1.807, 2.05) is 6.07 Å². The highest BCUT2D eigenvalue weighted by Crippen LogP contribution is 2.34. The molecule has 5 heteroatoms. The molecule has 0 aliphatic rings. The van der Waals surface area contributed by atoms with Gasteiger partial charge in [0.25, 0.3) is 0 Å². The van der Waals surface area contributed by atoms with Crippen molar-refractivity contribution in [2.75, 3.05) is 13.7 Å². The lowest BCUT2D eigenvalue weighted by Gasteiger charge is -2.10. The highest BCUT2D eigenvalue weighted by Gasteiger charge is 2.09. The van der Waals surface area contributed by atoms with Crippen molar-refractivity contribution < 1.29 is 9.47 Å². The second kappa shape index (κ2) is 4.89. The SMILES string of the molecule is COc1cc2c(Cl)ccnc2cc1OCC#N. The van der Waals surface area contributed by atoms with Gasteiger partial charge in [0.15, 0.2) is 18.1 Å². The number of ether oxygens (including phenoxy) is 2. The topological polar surface area (TPSA) is 55.1 Å². The largest absolute Gasteiger partial charge is 0.493 e. The molecule has 0 amide bonds. The number of hydrogen-bond donors (Lipinski definition) is 0. The summed E-state index contributed by atoms with van der Waals surface area (Å²) < 4.78 is 10.4. The lowest BCUT2D eigenvalue weighted by atomic mass is 10.2. The molecular formula is C12H9ClN2O2. The van der Waals surface area contributed by atoms with Crippen LogP contribution < -0.4 is 9.47 Å². The van der Waals surface area contributed by atoms with Gasteiger partial charge in [-0.05, 0) is 12.1 Å². The van der Waals surface area contributed by atoms with E-state index in [-0.39, 0.29) is 6.61 Å². The third-order valence-corrected chi connectivity index (χ3v) is 2.60. The Morgan fingerprint density at radius 2 is 2.24 bits per heavy atom. The Morgan fingerprint density at radius 1 is 1.41 bits per heavy atom. The predicted molar refractivity (Wildman–Crippen MR) is 64.4 cm³/mol. The number of halogens is 1. The van der Waals surface area contributed by atoms with Gasteiger partial charge < -0.3 is 9.47 Å². The fourth-order valence-corrected chi connectivity index (χ4v) is 1.71. The fraction of sp³-hybridized carbons (Fsp3) is 0.167. The van der Waals surface area contributed by atoms with E-state index in [1.54, 1.807) is 24.4 Å². The molecule has 0 saturated heterocycles. The number of methoxy groups -OCH3 is 1. The van der Waals surface area contributed by atoms with E-state index >= 15 is 0 Å². The first kappa shape index (κ1) is 11.5. The number of rotatable bonds is 3. The Bertz CT molecular complexity index is 593. The highest BCUT2D eigenvalue weighted by molar-refractivity contribution is 6.35. The molecule has 0 aliphatic carbocycles. The molecule has 0 unspecified atom stereocenters. The lowest BCUT2D eigenvalue weighted by molar-refractivity contribution is 0.330. The minimum absolute atomic E-state index is 0.0393. The number of fused-ring (bicyclic) bond motifs is 1. The molecule has 0 spiro atoms. The Hall–Kier alpha value is -1.99. The molecule has 2 rings (SSSR count). The van der Waals surface area contributed by atoms with Gasteiger partial charge in [-0.2, -0.15) is 5.26 Å². The molecule has 0 N–H and O–H groups in total. The summed E-state index contributed by atoms with van der Waals surface area (Å²) in [5.41, 5.74) is 0.700. The van der Waals surface area contributed by atoms with Crippen molar-refractivity contribution in [2.24, 2.45) is 0 Å². The Morgan fingerprint density at radius 3 is 2.94 bits per heavy atom. The van der Waals surface area contributed by atoms with Crippen molar-refractivity contribution in [3.8, 4) is 17.6 Å².